The van der Waals surface area contributed by atoms with Crippen LogP contribution in [0.15, 0.2) is 24.3 Å². The number of ketones is 1. The normalized spacial score (nSPS) is 24.5. The number of nitrogens with zero attached hydrogens (tertiary/aromatic N) is 1. The molecule has 1 saturated heterocycles. The third-order valence-electron chi connectivity index (χ3n) is 3.31. The summed E-state index contributed by atoms with van der Waals surface area (Å²) in [6.45, 7) is 2.34. The van der Waals surface area contributed by atoms with Crippen LogP contribution in [0, 0.1) is 11.3 Å². The second-order valence-electron chi connectivity index (χ2n) is 4.66. The Kier molecular flexibility index (Phi) is 3.70. The molecule has 2 unspecified atom stereocenters. The topological polar surface area (TPSA) is 50.1 Å². The van der Waals surface area contributed by atoms with Gasteiger partial charge in [-0.2, -0.15) is 5.26 Å². The van der Waals surface area contributed by atoms with E-state index in [9.17, 15) is 10.1 Å². The molecule has 0 N–H and O–H groups in total. The van der Waals surface area contributed by atoms with Crippen molar-refractivity contribution in [1.82, 2.24) is 0 Å². The number of halogens is 1. The van der Waals surface area contributed by atoms with E-state index in [1.807, 2.05) is 0 Å². The third-order valence-corrected chi connectivity index (χ3v) is 3.55. The van der Waals surface area contributed by atoms with Crippen molar-refractivity contribution in [2.45, 2.75) is 31.3 Å². The van der Waals surface area contributed by atoms with E-state index in [2.05, 4.69) is 6.07 Å². The highest BCUT2D eigenvalue weighted by atomic mass is 35.5. The minimum absolute atomic E-state index is 0.176. The number of nitriles is 1. The van der Waals surface area contributed by atoms with Crippen LogP contribution >= 0.6 is 11.6 Å². The lowest BCUT2D eigenvalue weighted by Crippen LogP contribution is -2.37. The molecule has 0 aromatic heterocycles. The zero-order valence-electron chi connectivity index (χ0n) is 10.1. The second-order valence-corrected chi connectivity index (χ2v) is 5.10. The van der Waals surface area contributed by atoms with E-state index < -0.39 is 11.5 Å². The fourth-order valence-corrected chi connectivity index (χ4v) is 2.45. The predicted molar refractivity (Wildman–Crippen MR) is 68.4 cm³/mol. The highest BCUT2D eigenvalue weighted by Crippen LogP contribution is 2.32. The van der Waals surface area contributed by atoms with Crippen LogP contribution in [-0.4, -0.2) is 18.0 Å². The molecule has 0 amide bonds. The molecule has 0 saturated carbocycles. The molecule has 1 aromatic carbocycles. The Balaban J connectivity index is 2.29. The van der Waals surface area contributed by atoms with Gasteiger partial charge in [-0.25, -0.2) is 0 Å². The molecular formula is C14H14ClNO2. The first-order valence-corrected chi connectivity index (χ1v) is 6.28. The van der Waals surface area contributed by atoms with Crippen LogP contribution in [0.2, 0.25) is 5.02 Å². The SMILES string of the molecule is CC1(C(=O)C(C#N)c2cccc(Cl)c2)CCCO1. The first-order chi connectivity index (χ1) is 8.57. The first kappa shape index (κ1) is 13.1. The number of carbonyl (C=O) groups excluding carboxylic acids is 1. The van der Waals surface area contributed by atoms with Crippen LogP contribution in [0.3, 0.4) is 0 Å². The number of ether oxygens (including phenoxy) is 1. The second kappa shape index (κ2) is 5.09. The summed E-state index contributed by atoms with van der Waals surface area (Å²) in [5, 5.41) is 9.77. The number of carbonyl (C=O) groups is 1. The summed E-state index contributed by atoms with van der Waals surface area (Å²) in [5.41, 5.74) is -0.199. The monoisotopic (exact) mass is 263 g/mol. The minimum Gasteiger partial charge on any atom is -0.367 e. The van der Waals surface area contributed by atoms with Gasteiger partial charge < -0.3 is 4.74 Å². The highest BCUT2D eigenvalue weighted by molar-refractivity contribution is 6.30. The number of benzene rings is 1. The molecular weight excluding hydrogens is 250 g/mol. The summed E-state index contributed by atoms with van der Waals surface area (Å²) >= 11 is 5.89. The van der Waals surface area contributed by atoms with Gasteiger partial charge in [-0.3, -0.25) is 4.79 Å². The van der Waals surface area contributed by atoms with Crippen molar-refractivity contribution in [2.75, 3.05) is 6.61 Å². The summed E-state index contributed by atoms with van der Waals surface area (Å²) in [6, 6.07) is 8.93. The Bertz CT molecular complexity index is 501. The van der Waals surface area contributed by atoms with E-state index in [1.165, 1.54) is 0 Å². The Morgan fingerprint density at radius 3 is 2.94 bits per heavy atom. The average Bonchev–Trinajstić information content (AvgIpc) is 2.78. The maximum Gasteiger partial charge on any atom is 0.185 e. The van der Waals surface area contributed by atoms with Crippen molar-refractivity contribution in [3.05, 3.63) is 34.9 Å². The van der Waals surface area contributed by atoms with Crippen molar-refractivity contribution in [1.29, 1.82) is 5.26 Å². The smallest absolute Gasteiger partial charge is 0.185 e. The van der Waals surface area contributed by atoms with Crippen LogP contribution < -0.4 is 0 Å². The Labute approximate surface area is 111 Å². The highest BCUT2D eigenvalue weighted by Gasteiger charge is 2.42. The lowest BCUT2D eigenvalue weighted by molar-refractivity contribution is -0.137. The molecule has 94 valence electrons. The summed E-state index contributed by atoms with van der Waals surface area (Å²) in [7, 11) is 0. The predicted octanol–water partition coefficient (Wildman–Crippen LogP) is 3.09. The van der Waals surface area contributed by atoms with Gasteiger partial charge in [0.15, 0.2) is 5.78 Å². The summed E-state index contributed by atoms with van der Waals surface area (Å²) in [4.78, 5) is 12.4. The van der Waals surface area contributed by atoms with Gasteiger partial charge in [0.25, 0.3) is 0 Å². The lowest BCUT2D eigenvalue weighted by atomic mass is 9.85. The maximum atomic E-state index is 12.4. The third kappa shape index (κ3) is 2.40. The molecule has 0 aliphatic carbocycles. The van der Waals surface area contributed by atoms with Crippen LogP contribution in [0.1, 0.15) is 31.2 Å². The van der Waals surface area contributed by atoms with Crippen molar-refractivity contribution >= 4 is 17.4 Å². The van der Waals surface area contributed by atoms with Gasteiger partial charge in [0, 0.05) is 11.6 Å². The molecule has 3 nitrogen and oxygen atoms in total. The zero-order valence-corrected chi connectivity index (χ0v) is 10.9. The zero-order chi connectivity index (χ0) is 13.2. The van der Waals surface area contributed by atoms with E-state index >= 15 is 0 Å². The molecule has 4 heteroatoms. The molecule has 18 heavy (non-hydrogen) atoms. The van der Waals surface area contributed by atoms with Crippen LogP contribution in [0.5, 0.6) is 0 Å². The standard InChI is InChI=1S/C14H14ClNO2/c1-14(6-3-7-18-14)13(17)12(9-16)10-4-2-5-11(15)8-10/h2,4-5,8,12H,3,6-7H2,1H3. The minimum atomic E-state index is -0.831. The molecule has 2 rings (SSSR count). The lowest BCUT2D eigenvalue weighted by Gasteiger charge is -2.24. The van der Waals surface area contributed by atoms with Crippen molar-refractivity contribution in [3.63, 3.8) is 0 Å². The van der Waals surface area contributed by atoms with Gasteiger partial charge >= 0.3 is 0 Å². The fraction of sp³-hybridized carbons (Fsp3) is 0.429. The van der Waals surface area contributed by atoms with Crippen LogP contribution in [-0.2, 0) is 9.53 Å². The Hall–Kier alpha value is -1.37. The van der Waals surface area contributed by atoms with Gasteiger partial charge in [-0.15, -0.1) is 0 Å². The van der Waals surface area contributed by atoms with E-state index in [0.717, 1.165) is 6.42 Å². The van der Waals surface area contributed by atoms with Crippen molar-refractivity contribution in [3.8, 4) is 6.07 Å². The van der Waals surface area contributed by atoms with Crippen LogP contribution in [0.25, 0.3) is 0 Å². The van der Waals surface area contributed by atoms with Gasteiger partial charge in [-0.05, 0) is 37.5 Å². The van der Waals surface area contributed by atoms with Crippen molar-refractivity contribution in [2.24, 2.45) is 0 Å². The fourth-order valence-electron chi connectivity index (χ4n) is 2.25. The molecule has 2 atom stereocenters. The number of rotatable bonds is 3. The van der Waals surface area contributed by atoms with E-state index in [-0.39, 0.29) is 5.78 Å². The van der Waals surface area contributed by atoms with Gasteiger partial charge in [0.05, 0.1) is 6.07 Å². The molecule has 1 aromatic rings. The van der Waals surface area contributed by atoms with Crippen molar-refractivity contribution < 1.29 is 9.53 Å². The molecule has 1 heterocycles. The molecule has 0 radical (unpaired) electrons. The molecule has 1 aliphatic heterocycles. The van der Waals surface area contributed by atoms with Gasteiger partial charge in [0.2, 0.25) is 0 Å². The largest absolute Gasteiger partial charge is 0.367 e. The van der Waals surface area contributed by atoms with Gasteiger partial charge in [0.1, 0.15) is 11.5 Å². The summed E-state index contributed by atoms with van der Waals surface area (Å²) < 4.78 is 5.50. The Morgan fingerprint density at radius 2 is 2.39 bits per heavy atom. The average molecular weight is 264 g/mol. The van der Waals surface area contributed by atoms with E-state index in [1.54, 1.807) is 31.2 Å². The van der Waals surface area contributed by atoms with E-state index in [0.29, 0.717) is 23.6 Å². The molecule has 1 fully saturated rings. The summed E-state index contributed by atoms with van der Waals surface area (Å²) in [6.07, 6.45) is 1.53. The number of hydrogen-bond donors (Lipinski definition) is 0. The van der Waals surface area contributed by atoms with Crippen LogP contribution in [0.4, 0.5) is 0 Å². The molecule has 0 spiro atoms. The quantitative estimate of drug-likeness (QED) is 0.842. The molecule has 1 aliphatic rings. The molecule has 0 bridgehead atoms. The van der Waals surface area contributed by atoms with Gasteiger partial charge in [-0.1, -0.05) is 23.7 Å². The maximum absolute atomic E-state index is 12.4. The Morgan fingerprint density at radius 1 is 1.61 bits per heavy atom. The summed E-state index contributed by atoms with van der Waals surface area (Å²) in [5.74, 6) is -0.989. The number of hydrogen-bond acceptors (Lipinski definition) is 3. The number of Topliss-reactive ketones (excluding diaryl/α,β-unsaturated/α-hetero) is 1. The van der Waals surface area contributed by atoms with E-state index in [4.69, 9.17) is 16.3 Å². The first-order valence-electron chi connectivity index (χ1n) is 5.90.